The van der Waals surface area contributed by atoms with Crippen molar-refractivity contribution in [1.82, 2.24) is 9.80 Å². The lowest BCUT2D eigenvalue weighted by atomic mass is 9.44. The van der Waals surface area contributed by atoms with Crippen molar-refractivity contribution < 1.29 is 33.6 Å². The number of morpholine rings is 1. The van der Waals surface area contributed by atoms with Gasteiger partial charge in [-0.05, 0) is 151 Å². The van der Waals surface area contributed by atoms with Gasteiger partial charge < -0.3 is 33.7 Å². The molecule has 8 fully saturated rings. The van der Waals surface area contributed by atoms with Crippen molar-refractivity contribution in [3.8, 4) is 0 Å². The van der Waals surface area contributed by atoms with Gasteiger partial charge in [0.2, 0.25) is 0 Å². The minimum absolute atomic E-state index is 0.0437. The maximum absolute atomic E-state index is 12.5. The third-order valence-electron chi connectivity index (χ3n) is 17.3. The van der Waals surface area contributed by atoms with E-state index in [0.717, 1.165) is 51.5 Å². The van der Waals surface area contributed by atoms with Crippen molar-refractivity contribution in [1.29, 1.82) is 0 Å². The fourth-order valence-corrected chi connectivity index (χ4v) is 14.6. The van der Waals surface area contributed by atoms with E-state index in [0.29, 0.717) is 47.2 Å². The number of amides is 1. The van der Waals surface area contributed by atoms with Crippen LogP contribution in [0.1, 0.15) is 133 Å². The minimum Gasteiger partial charge on any atom is -0.444 e. The topological polar surface area (TPSA) is 89.9 Å². The summed E-state index contributed by atoms with van der Waals surface area (Å²) in [6.45, 7) is 27.4. The Kier molecular flexibility index (Phi) is 9.56. The molecule has 8 rings (SSSR count). The zero-order chi connectivity index (χ0) is 38.0. The molecule has 0 bridgehead atoms. The summed E-state index contributed by atoms with van der Waals surface area (Å²) in [5, 5.41) is 11.0. The van der Waals surface area contributed by atoms with Crippen LogP contribution in [0.4, 0.5) is 4.79 Å². The first kappa shape index (κ1) is 38.9. The van der Waals surface area contributed by atoms with Gasteiger partial charge in [0.1, 0.15) is 11.7 Å². The van der Waals surface area contributed by atoms with Crippen molar-refractivity contribution in [2.75, 3.05) is 45.9 Å². The number of aliphatic hydroxyl groups is 1. The molecule has 1 amide bonds. The summed E-state index contributed by atoms with van der Waals surface area (Å²) in [7, 11) is 0. The number of likely N-dealkylation sites (tertiary alicyclic amines) is 1. The molecule has 0 radical (unpaired) electrons. The van der Waals surface area contributed by atoms with E-state index in [-0.39, 0.29) is 47.6 Å². The fourth-order valence-electron chi connectivity index (χ4n) is 14.6. The second kappa shape index (κ2) is 13.0. The maximum Gasteiger partial charge on any atom is 0.410 e. The molecule has 0 aromatic heterocycles. The van der Waals surface area contributed by atoms with Gasteiger partial charge in [-0.1, -0.05) is 27.7 Å². The molecule has 5 aliphatic carbocycles. The first-order chi connectivity index (χ1) is 24.8. The van der Waals surface area contributed by atoms with E-state index < -0.39 is 11.2 Å². The molecule has 9 nitrogen and oxygen atoms in total. The van der Waals surface area contributed by atoms with Crippen LogP contribution in [0.2, 0.25) is 0 Å². The molecule has 2 spiro atoms. The Morgan fingerprint density at radius 2 is 1.66 bits per heavy atom. The van der Waals surface area contributed by atoms with Crippen LogP contribution in [0.5, 0.6) is 0 Å². The van der Waals surface area contributed by atoms with E-state index in [1.807, 2.05) is 46.4 Å². The summed E-state index contributed by atoms with van der Waals surface area (Å²) < 4.78 is 32.1. The highest BCUT2D eigenvalue weighted by atomic mass is 16.7. The summed E-state index contributed by atoms with van der Waals surface area (Å²) in [5.41, 5.74) is 0.163. The molecule has 9 heteroatoms. The number of ether oxygens (including phenoxy) is 5. The van der Waals surface area contributed by atoms with E-state index >= 15 is 0 Å². The van der Waals surface area contributed by atoms with Gasteiger partial charge in [-0.3, -0.25) is 4.90 Å². The Bertz CT molecular complexity index is 1390. The van der Waals surface area contributed by atoms with Gasteiger partial charge in [0, 0.05) is 45.2 Å². The summed E-state index contributed by atoms with van der Waals surface area (Å²) >= 11 is 0. The molecule has 53 heavy (non-hydrogen) atoms. The monoisotopic (exact) mass is 743 g/mol. The molecule has 8 aliphatic rings. The Labute approximate surface area is 320 Å². The largest absolute Gasteiger partial charge is 0.444 e. The summed E-state index contributed by atoms with van der Waals surface area (Å²) in [5.74, 6) is 2.68. The van der Waals surface area contributed by atoms with Crippen LogP contribution in [-0.4, -0.2) is 109 Å². The number of fused-ring (bicyclic) bond motifs is 4. The molecule has 5 saturated carbocycles. The summed E-state index contributed by atoms with van der Waals surface area (Å²) in [4.78, 5) is 16.8. The molecular formula is C44H74N2O7. The first-order valence-corrected chi connectivity index (χ1v) is 21.7. The smallest absolute Gasteiger partial charge is 0.410 e. The van der Waals surface area contributed by atoms with Crippen LogP contribution in [0, 0.1) is 50.7 Å². The highest BCUT2D eigenvalue weighted by Gasteiger charge is 2.81. The third kappa shape index (κ3) is 6.17. The number of rotatable bonds is 8. The Morgan fingerprint density at radius 1 is 0.906 bits per heavy atom. The van der Waals surface area contributed by atoms with Crippen LogP contribution in [0.15, 0.2) is 0 Å². The zero-order valence-electron chi connectivity index (χ0n) is 35.0. The molecule has 12 atom stereocenters. The van der Waals surface area contributed by atoms with Crippen molar-refractivity contribution in [3.05, 3.63) is 0 Å². The average molecular weight is 743 g/mol. The second-order valence-corrected chi connectivity index (χ2v) is 21.9. The van der Waals surface area contributed by atoms with Crippen LogP contribution in [0.3, 0.4) is 0 Å². The molecule has 0 aromatic carbocycles. The number of hydrogen-bond donors (Lipinski definition) is 1. The van der Waals surface area contributed by atoms with Crippen LogP contribution < -0.4 is 0 Å². The highest BCUT2D eigenvalue weighted by Crippen LogP contribution is 2.88. The number of hydrogen-bond acceptors (Lipinski definition) is 8. The van der Waals surface area contributed by atoms with E-state index in [9.17, 15) is 9.90 Å². The quantitative estimate of drug-likeness (QED) is 0.271. The lowest BCUT2D eigenvalue weighted by Gasteiger charge is -2.61. The number of carbonyl (C=O) groups is 1. The Morgan fingerprint density at radius 3 is 2.36 bits per heavy atom. The summed E-state index contributed by atoms with van der Waals surface area (Å²) in [6, 6.07) is 0. The highest BCUT2D eigenvalue weighted by molar-refractivity contribution is 5.69. The molecule has 3 heterocycles. The van der Waals surface area contributed by atoms with Gasteiger partial charge in [-0.2, -0.15) is 0 Å². The zero-order valence-corrected chi connectivity index (χ0v) is 35.0. The Balaban J connectivity index is 0.896. The van der Waals surface area contributed by atoms with E-state index in [1.165, 1.54) is 51.4 Å². The van der Waals surface area contributed by atoms with Crippen molar-refractivity contribution in [2.24, 2.45) is 50.7 Å². The molecule has 12 unspecified atom stereocenters. The third-order valence-corrected chi connectivity index (χ3v) is 17.3. The van der Waals surface area contributed by atoms with E-state index in [4.69, 9.17) is 23.7 Å². The van der Waals surface area contributed by atoms with Gasteiger partial charge in [0.15, 0.2) is 6.29 Å². The SMILES string of the molecule is CCOC(C1CCC2(C)C(CC3C4CCC5C(C)(C)C(OC6CN(CC7CN(C(=O)OC(C)(C)C)C7)CCO6)CCC56CC46CCC32C)O1)C(C)(C)O. The van der Waals surface area contributed by atoms with E-state index in [1.54, 1.807) is 0 Å². The predicted molar refractivity (Wildman–Crippen MR) is 204 cm³/mol. The molecule has 302 valence electrons. The first-order valence-electron chi connectivity index (χ1n) is 21.7. The van der Waals surface area contributed by atoms with Crippen LogP contribution >= 0.6 is 0 Å². The minimum atomic E-state index is -0.923. The number of nitrogens with zero attached hydrogens (tertiary/aromatic N) is 2. The van der Waals surface area contributed by atoms with Crippen LogP contribution in [0.25, 0.3) is 0 Å². The van der Waals surface area contributed by atoms with Gasteiger partial charge >= 0.3 is 6.09 Å². The molecule has 1 N–H and O–H groups in total. The van der Waals surface area contributed by atoms with Crippen molar-refractivity contribution >= 4 is 6.09 Å². The second-order valence-electron chi connectivity index (χ2n) is 21.9. The average Bonchev–Trinajstić information content (AvgIpc) is 3.65. The molecule has 0 aromatic rings. The van der Waals surface area contributed by atoms with Gasteiger partial charge in [0.25, 0.3) is 0 Å². The molecule has 3 aliphatic heterocycles. The Hall–Kier alpha value is -0.970. The maximum atomic E-state index is 12.5. The molecular weight excluding hydrogens is 668 g/mol. The van der Waals surface area contributed by atoms with Crippen molar-refractivity contribution in [2.45, 2.75) is 175 Å². The van der Waals surface area contributed by atoms with Gasteiger partial charge in [-0.25, -0.2) is 4.79 Å². The number of carbonyl (C=O) groups excluding carboxylic acids is 1. The normalized spacial score (nSPS) is 45.9. The van der Waals surface area contributed by atoms with Crippen LogP contribution in [-0.2, 0) is 23.7 Å². The lowest BCUT2D eigenvalue weighted by molar-refractivity contribution is -0.246. The van der Waals surface area contributed by atoms with Crippen molar-refractivity contribution in [3.63, 3.8) is 0 Å². The van der Waals surface area contributed by atoms with Gasteiger partial charge in [0.05, 0.1) is 30.5 Å². The molecule has 3 saturated heterocycles. The fraction of sp³-hybridized carbons (Fsp3) is 0.977. The van der Waals surface area contributed by atoms with Gasteiger partial charge in [-0.15, -0.1) is 0 Å². The predicted octanol–water partition coefficient (Wildman–Crippen LogP) is 7.67. The summed E-state index contributed by atoms with van der Waals surface area (Å²) in [6.07, 6.45) is 12.3. The standard InChI is InChI=1S/C44H74N2O7/c1-11-49-36(40(7,8)48)31-14-16-42(10)34(51-31)22-30-29-12-13-32-39(5,6)33(15-17-44(32)27-43(29,44)19-18-41(30,42)9)52-35-26-45(20-21-50-35)23-28-24-46(25-28)37(47)53-38(2,3)4/h28-36,48H,11-27H2,1-10H3. The van der Waals surface area contributed by atoms with E-state index in [2.05, 4.69) is 32.6 Å². The lowest BCUT2D eigenvalue weighted by Crippen LogP contribution is -2.58.